The summed E-state index contributed by atoms with van der Waals surface area (Å²) in [6.45, 7) is 7.50. The van der Waals surface area contributed by atoms with Gasteiger partial charge in [-0.05, 0) is 56.8 Å². The number of benzene rings is 1. The van der Waals surface area contributed by atoms with Crippen LogP contribution < -0.4 is 19.7 Å². The topological polar surface area (TPSA) is 88.5 Å². The van der Waals surface area contributed by atoms with Crippen LogP contribution >= 0.6 is 0 Å². The number of rotatable bonds is 4. The molecule has 2 aliphatic heterocycles. The van der Waals surface area contributed by atoms with E-state index >= 15 is 0 Å². The summed E-state index contributed by atoms with van der Waals surface area (Å²) in [5.74, 6) is 3.79. The third-order valence-electron chi connectivity index (χ3n) is 6.50. The lowest BCUT2D eigenvalue weighted by molar-refractivity contribution is 0.187. The molecular formula is C26H27N7O2. The molecule has 1 atom stereocenters. The SMILES string of the molecule is Cc1ccc(Oc2ccc(Nc3ncnc4cc5c(nc34)N3CCN(C)C[C@H]3CO5)cc2C)cn1. The number of fused-ring (bicyclic) bond motifs is 4. The molecule has 9 nitrogen and oxygen atoms in total. The first-order chi connectivity index (χ1) is 17.0. The summed E-state index contributed by atoms with van der Waals surface area (Å²) in [6, 6.07) is 12.1. The number of aryl methyl sites for hydroxylation is 2. The van der Waals surface area contributed by atoms with Gasteiger partial charge in [-0.2, -0.15) is 0 Å². The van der Waals surface area contributed by atoms with E-state index < -0.39 is 0 Å². The van der Waals surface area contributed by atoms with Crippen LogP contribution in [0.3, 0.4) is 0 Å². The summed E-state index contributed by atoms with van der Waals surface area (Å²) in [7, 11) is 2.15. The summed E-state index contributed by atoms with van der Waals surface area (Å²) >= 11 is 0. The maximum absolute atomic E-state index is 6.06. The van der Waals surface area contributed by atoms with E-state index in [0.29, 0.717) is 24.2 Å². The van der Waals surface area contributed by atoms with Gasteiger partial charge in [-0.25, -0.2) is 15.0 Å². The molecule has 0 saturated carbocycles. The highest BCUT2D eigenvalue weighted by atomic mass is 16.5. The maximum Gasteiger partial charge on any atom is 0.172 e. The minimum atomic E-state index is 0.297. The van der Waals surface area contributed by atoms with Gasteiger partial charge in [0, 0.05) is 37.1 Å². The highest BCUT2D eigenvalue weighted by molar-refractivity contribution is 5.90. The third kappa shape index (κ3) is 4.19. The van der Waals surface area contributed by atoms with Gasteiger partial charge in [0.05, 0.1) is 17.8 Å². The van der Waals surface area contributed by atoms with Crippen LogP contribution in [0.15, 0.2) is 48.9 Å². The van der Waals surface area contributed by atoms with Gasteiger partial charge >= 0.3 is 0 Å². The lowest BCUT2D eigenvalue weighted by Gasteiger charge is -2.43. The van der Waals surface area contributed by atoms with Gasteiger partial charge in [-0.3, -0.25) is 4.98 Å². The number of piperazine rings is 1. The molecule has 1 aromatic carbocycles. The van der Waals surface area contributed by atoms with Crippen LogP contribution in [0.5, 0.6) is 17.2 Å². The molecule has 0 bridgehead atoms. The van der Waals surface area contributed by atoms with Crippen LogP contribution in [0.4, 0.5) is 17.3 Å². The number of anilines is 3. The lowest BCUT2D eigenvalue weighted by Crippen LogP contribution is -2.56. The van der Waals surface area contributed by atoms with Crippen molar-refractivity contribution in [3.63, 3.8) is 0 Å². The van der Waals surface area contributed by atoms with E-state index in [4.69, 9.17) is 14.5 Å². The molecule has 6 rings (SSSR count). The molecule has 178 valence electrons. The predicted octanol–water partition coefficient (Wildman–Crippen LogP) is 4.09. The normalized spacial score (nSPS) is 17.5. The molecule has 0 aliphatic carbocycles. The number of nitrogens with one attached hydrogen (secondary N) is 1. The zero-order chi connectivity index (χ0) is 23.9. The average Bonchev–Trinajstić information content (AvgIpc) is 2.86. The van der Waals surface area contributed by atoms with Crippen LogP contribution in [0.2, 0.25) is 0 Å². The molecule has 2 aliphatic rings. The van der Waals surface area contributed by atoms with Crippen molar-refractivity contribution in [2.24, 2.45) is 0 Å². The first-order valence-corrected chi connectivity index (χ1v) is 11.8. The van der Waals surface area contributed by atoms with Gasteiger partial charge in [0.25, 0.3) is 0 Å². The first kappa shape index (κ1) is 21.5. The number of hydrogen-bond donors (Lipinski definition) is 1. The van der Waals surface area contributed by atoms with Crippen LogP contribution in [0.1, 0.15) is 11.3 Å². The molecule has 4 aromatic rings. The van der Waals surface area contributed by atoms with Gasteiger partial charge in [0.1, 0.15) is 29.9 Å². The zero-order valence-corrected chi connectivity index (χ0v) is 20.0. The smallest absolute Gasteiger partial charge is 0.172 e. The van der Waals surface area contributed by atoms with Crippen LogP contribution in [-0.2, 0) is 0 Å². The third-order valence-corrected chi connectivity index (χ3v) is 6.50. The summed E-state index contributed by atoms with van der Waals surface area (Å²) in [6.07, 6.45) is 3.28. The van der Waals surface area contributed by atoms with Crippen LogP contribution in [0, 0.1) is 13.8 Å². The second-order valence-corrected chi connectivity index (χ2v) is 9.16. The van der Waals surface area contributed by atoms with Gasteiger partial charge in [-0.15, -0.1) is 0 Å². The maximum atomic E-state index is 6.06. The Bertz CT molecular complexity index is 1390. The molecule has 0 radical (unpaired) electrons. The number of pyridine rings is 2. The Morgan fingerprint density at radius 3 is 2.80 bits per heavy atom. The van der Waals surface area contributed by atoms with E-state index in [2.05, 4.69) is 37.1 Å². The molecule has 1 fully saturated rings. The second kappa shape index (κ2) is 8.66. The van der Waals surface area contributed by atoms with Crippen molar-refractivity contribution < 1.29 is 9.47 Å². The largest absolute Gasteiger partial charge is 0.487 e. The summed E-state index contributed by atoms with van der Waals surface area (Å²) in [5, 5.41) is 3.42. The van der Waals surface area contributed by atoms with Crippen molar-refractivity contribution in [2.75, 3.05) is 43.5 Å². The van der Waals surface area contributed by atoms with E-state index in [1.807, 2.05) is 50.2 Å². The van der Waals surface area contributed by atoms with Crippen molar-refractivity contribution >= 4 is 28.4 Å². The molecule has 35 heavy (non-hydrogen) atoms. The summed E-state index contributed by atoms with van der Waals surface area (Å²) in [4.78, 5) is 22.9. The van der Waals surface area contributed by atoms with Crippen molar-refractivity contribution in [3.05, 3.63) is 60.2 Å². The quantitative estimate of drug-likeness (QED) is 0.475. The molecule has 0 amide bonds. The van der Waals surface area contributed by atoms with E-state index in [1.54, 1.807) is 12.5 Å². The fourth-order valence-corrected chi connectivity index (χ4v) is 4.60. The fraction of sp³-hybridized carbons (Fsp3) is 0.308. The predicted molar refractivity (Wildman–Crippen MR) is 135 cm³/mol. The van der Waals surface area contributed by atoms with Gasteiger partial charge < -0.3 is 24.6 Å². The van der Waals surface area contributed by atoms with Crippen molar-refractivity contribution in [1.29, 1.82) is 0 Å². The monoisotopic (exact) mass is 469 g/mol. The Morgan fingerprint density at radius 1 is 1.06 bits per heavy atom. The summed E-state index contributed by atoms with van der Waals surface area (Å²) < 4.78 is 12.1. The van der Waals surface area contributed by atoms with E-state index in [9.17, 15) is 0 Å². The van der Waals surface area contributed by atoms with Gasteiger partial charge in [0.2, 0.25) is 0 Å². The van der Waals surface area contributed by atoms with E-state index in [1.165, 1.54) is 0 Å². The Kier molecular flexibility index (Phi) is 5.33. The molecule has 0 unspecified atom stereocenters. The van der Waals surface area contributed by atoms with Crippen molar-refractivity contribution in [1.82, 2.24) is 24.8 Å². The minimum Gasteiger partial charge on any atom is -0.487 e. The average molecular weight is 470 g/mol. The highest BCUT2D eigenvalue weighted by Crippen LogP contribution is 2.37. The standard InChI is InChI=1S/C26H27N7O2/c1-16-10-18(5-7-22(16)35-20-6-4-17(2)27-12-20)30-25-24-21(28-15-29-25)11-23-26(31-24)33-9-8-32(3)13-19(33)14-34-23/h4-7,10-12,15,19H,8-9,13-14H2,1-3H3,(H,28,29,30)/t19-/m0/s1. The molecular weight excluding hydrogens is 442 g/mol. The van der Waals surface area contributed by atoms with E-state index in [0.717, 1.165) is 64.9 Å². The Morgan fingerprint density at radius 2 is 1.97 bits per heavy atom. The summed E-state index contributed by atoms with van der Waals surface area (Å²) in [5.41, 5.74) is 4.31. The minimum absolute atomic E-state index is 0.297. The Labute approximate surface area is 203 Å². The number of nitrogens with zero attached hydrogens (tertiary/aromatic N) is 6. The van der Waals surface area contributed by atoms with Crippen molar-refractivity contribution in [3.8, 4) is 17.2 Å². The zero-order valence-electron chi connectivity index (χ0n) is 20.0. The number of likely N-dealkylation sites (N-methyl/N-ethyl adjacent to an activating group) is 1. The van der Waals surface area contributed by atoms with Crippen molar-refractivity contribution in [2.45, 2.75) is 19.9 Å². The molecule has 3 aromatic heterocycles. The number of hydrogen-bond acceptors (Lipinski definition) is 9. The highest BCUT2D eigenvalue weighted by Gasteiger charge is 2.33. The van der Waals surface area contributed by atoms with Gasteiger partial charge in [0.15, 0.2) is 17.4 Å². The molecule has 1 N–H and O–H groups in total. The first-order valence-electron chi connectivity index (χ1n) is 11.8. The molecule has 9 heteroatoms. The molecule has 0 spiro atoms. The van der Waals surface area contributed by atoms with E-state index in [-0.39, 0.29) is 0 Å². The molecule has 5 heterocycles. The lowest BCUT2D eigenvalue weighted by atomic mass is 10.1. The number of aromatic nitrogens is 4. The van der Waals surface area contributed by atoms with Crippen LogP contribution in [-0.4, -0.2) is 64.2 Å². The Hall–Kier alpha value is -3.98. The Balaban J connectivity index is 1.29. The van der Waals surface area contributed by atoms with Gasteiger partial charge in [-0.1, -0.05) is 0 Å². The molecule has 1 saturated heterocycles. The fourth-order valence-electron chi connectivity index (χ4n) is 4.60. The number of ether oxygens (including phenoxy) is 2. The van der Waals surface area contributed by atoms with Crippen LogP contribution in [0.25, 0.3) is 11.0 Å². The second-order valence-electron chi connectivity index (χ2n) is 9.16.